The average Bonchev–Trinajstić information content (AvgIpc) is 2.43. The summed E-state index contributed by atoms with van der Waals surface area (Å²) in [6.45, 7) is 10.5. The highest BCUT2D eigenvalue weighted by atomic mass is 16.5. The molecule has 3 heteroatoms. The molecular formula is C20H25NO2. The maximum absolute atomic E-state index is 12.0. The van der Waals surface area contributed by atoms with E-state index in [1.807, 2.05) is 50.2 Å². The minimum atomic E-state index is -0.158. The summed E-state index contributed by atoms with van der Waals surface area (Å²) >= 11 is 0. The van der Waals surface area contributed by atoms with Crippen LogP contribution in [0.5, 0.6) is 5.75 Å². The summed E-state index contributed by atoms with van der Waals surface area (Å²) in [5, 5.41) is 2.87. The second-order valence-electron chi connectivity index (χ2n) is 6.99. The van der Waals surface area contributed by atoms with Crippen LogP contribution in [0.1, 0.15) is 37.5 Å². The van der Waals surface area contributed by atoms with Gasteiger partial charge in [0.25, 0.3) is 5.91 Å². The van der Waals surface area contributed by atoms with Crippen LogP contribution in [0.25, 0.3) is 0 Å². The van der Waals surface area contributed by atoms with Gasteiger partial charge in [-0.1, -0.05) is 39.0 Å². The Labute approximate surface area is 138 Å². The summed E-state index contributed by atoms with van der Waals surface area (Å²) in [6.07, 6.45) is 0. The predicted octanol–water partition coefficient (Wildman–Crippen LogP) is 4.62. The van der Waals surface area contributed by atoms with E-state index >= 15 is 0 Å². The highest BCUT2D eigenvalue weighted by Crippen LogP contribution is 2.24. The maximum Gasteiger partial charge on any atom is 0.262 e. The molecule has 0 aromatic heterocycles. The predicted molar refractivity (Wildman–Crippen MR) is 95.2 cm³/mol. The molecule has 1 amide bonds. The minimum Gasteiger partial charge on any atom is -0.484 e. The van der Waals surface area contributed by atoms with Gasteiger partial charge in [-0.25, -0.2) is 0 Å². The molecule has 23 heavy (non-hydrogen) atoms. The second-order valence-corrected chi connectivity index (χ2v) is 6.99. The number of carbonyl (C=O) groups is 1. The smallest absolute Gasteiger partial charge is 0.262 e. The van der Waals surface area contributed by atoms with Crippen molar-refractivity contribution in [2.45, 2.75) is 40.0 Å². The molecule has 0 spiro atoms. The van der Waals surface area contributed by atoms with E-state index in [0.717, 1.165) is 16.8 Å². The largest absolute Gasteiger partial charge is 0.484 e. The van der Waals surface area contributed by atoms with Gasteiger partial charge in [-0.3, -0.25) is 4.79 Å². The fourth-order valence-corrected chi connectivity index (χ4v) is 2.44. The van der Waals surface area contributed by atoms with Gasteiger partial charge in [-0.05, 0) is 60.2 Å². The molecule has 0 unspecified atom stereocenters. The maximum atomic E-state index is 12.0. The van der Waals surface area contributed by atoms with Gasteiger partial charge >= 0.3 is 0 Å². The topological polar surface area (TPSA) is 38.3 Å². The lowest BCUT2D eigenvalue weighted by molar-refractivity contribution is -0.118. The van der Waals surface area contributed by atoms with Gasteiger partial charge in [-0.2, -0.15) is 0 Å². The van der Waals surface area contributed by atoms with Crippen LogP contribution >= 0.6 is 0 Å². The highest BCUT2D eigenvalue weighted by Gasteiger charge is 2.13. The number of aryl methyl sites for hydroxylation is 2. The van der Waals surface area contributed by atoms with E-state index < -0.39 is 0 Å². The Balaban J connectivity index is 1.91. The average molecular weight is 311 g/mol. The Hall–Kier alpha value is -2.29. The molecule has 0 atom stereocenters. The van der Waals surface area contributed by atoms with Gasteiger partial charge in [0, 0.05) is 5.69 Å². The molecule has 0 bridgehead atoms. The first-order chi connectivity index (χ1) is 10.7. The highest BCUT2D eigenvalue weighted by molar-refractivity contribution is 5.92. The molecule has 1 N–H and O–H groups in total. The quantitative estimate of drug-likeness (QED) is 0.895. The lowest BCUT2D eigenvalue weighted by atomic mass is 9.87. The molecule has 0 radical (unpaired) electrons. The lowest BCUT2D eigenvalue weighted by Crippen LogP contribution is -2.20. The van der Waals surface area contributed by atoms with Crippen LogP contribution in [0.2, 0.25) is 0 Å². The molecule has 122 valence electrons. The van der Waals surface area contributed by atoms with Crippen LogP contribution in [-0.4, -0.2) is 12.5 Å². The number of carbonyl (C=O) groups excluding carboxylic acids is 1. The molecule has 0 fully saturated rings. The van der Waals surface area contributed by atoms with Crippen molar-refractivity contribution >= 4 is 11.6 Å². The number of hydrogen-bond acceptors (Lipinski definition) is 2. The van der Waals surface area contributed by atoms with E-state index in [-0.39, 0.29) is 17.9 Å². The Bertz CT molecular complexity index is 662. The van der Waals surface area contributed by atoms with Gasteiger partial charge in [0.15, 0.2) is 6.61 Å². The molecule has 0 heterocycles. The third-order valence-corrected chi connectivity index (χ3v) is 3.60. The first-order valence-electron chi connectivity index (χ1n) is 7.85. The van der Waals surface area contributed by atoms with Gasteiger partial charge in [0.05, 0.1) is 0 Å². The Morgan fingerprint density at radius 3 is 2.09 bits per heavy atom. The zero-order valence-electron chi connectivity index (χ0n) is 14.6. The van der Waals surface area contributed by atoms with Crippen LogP contribution < -0.4 is 10.1 Å². The Kier molecular flexibility index (Phi) is 5.09. The first kappa shape index (κ1) is 17.1. The molecule has 2 rings (SSSR count). The Morgan fingerprint density at radius 1 is 1.00 bits per heavy atom. The van der Waals surface area contributed by atoms with Crippen molar-refractivity contribution in [2.24, 2.45) is 0 Å². The van der Waals surface area contributed by atoms with Crippen molar-refractivity contribution in [2.75, 3.05) is 11.9 Å². The molecule has 0 saturated carbocycles. The Morgan fingerprint density at radius 2 is 1.57 bits per heavy atom. The summed E-state index contributed by atoms with van der Waals surface area (Å²) in [5.74, 6) is 0.545. The van der Waals surface area contributed by atoms with E-state index in [1.54, 1.807) is 0 Å². The normalized spacial score (nSPS) is 11.2. The molecule has 3 nitrogen and oxygen atoms in total. The minimum absolute atomic E-state index is 0.00184. The van der Waals surface area contributed by atoms with Crippen LogP contribution in [0.3, 0.4) is 0 Å². The second kappa shape index (κ2) is 6.86. The van der Waals surface area contributed by atoms with Gasteiger partial charge in [-0.15, -0.1) is 0 Å². The summed E-state index contributed by atoms with van der Waals surface area (Å²) in [6, 6.07) is 13.9. The number of amides is 1. The van der Waals surface area contributed by atoms with Crippen molar-refractivity contribution in [3.05, 3.63) is 59.2 Å². The summed E-state index contributed by atoms with van der Waals surface area (Å²) in [4.78, 5) is 12.0. The van der Waals surface area contributed by atoms with E-state index in [1.165, 1.54) is 5.56 Å². The lowest BCUT2D eigenvalue weighted by Gasteiger charge is -2.19. The number of rotatable bonds is 4. The summed E-state index contributed by atoms with van der Waals surface area (Å²) in [5.41, 5.74) is 4.40. The fourth-order valence-electron chi connectivity index (χ4n) is 2.44. The van der Waals surface area contributed by atoms with Gasteiger partial charge < -0.3 is 10.1 Å². The van der Waals surface area contributed by atoms with Crippen LogP contribution in [0, 0.1) is 13.8 Å². The molecule has 2 aromatic carbocycles. The van der Waals surface area contributed by atoms with Crippen molar-refractivity contribution in [3.8, 4) is 5.75 Å². The molecule has 0 aliphatic heterocycles. The van der Waals surface area contributed by atoms with E-state index in [9.17, 15) is 4.79 Å². The van der Waals surface area contributed by atoms with Crippen molar-refractivity contribution < 1.29 is 9.53 Å². The number of benzene rings is 2. The van der Waals surface area contributed by atoms with E-state index in [2.05, 4.69) is 32.2 Å². The van der Waals surface area contributed by atoms with Gasteiger partial charge in [0.1, 0.15) is 5.75 Å². The molecule has 0 aliphatic rings. The number of hydrogen-bond donors (Lipinski definition) is 1. The SMILES string of the molecule is Cc1cc(C)cc(NC(=O)COc2ccc(C(C)(C)C)cc2)c1. The zero-order valence-corrected chi connectivity index (χ0v) is 14.6. The van der Waals surface area contributed by atoms with Crippen molar-refractivity contribution in [1.29, 1.82) is 0 Å². The molecular weight excluding hydrogens is 286 g/mol. The third kappa shape index (κ3) is 5.13. The van der Waals surface area contributed by atoms with E-state index in [4.69, 9.17) is 4.74 Å². The zero-order chi connectivity index (χ0) is 17.0. The van der Waals surface area contributed by atoms with Crippen molar-refractivity contribution in [1.82, 2.24) is 0 Å². The summed E-state index contributed by atoms with van der Waals surface area (Å²) in [7, 11) is 0. The monoisotopic (exact) mass is 311 g/mol. The van der Waals surface area contributed by atoms with Crippen LogP contribution in [-0.2, 0) is 10.2 Å². The molecule has 0 saturated heterocycles. The third-order valence-electron chi connectivity index (χ3n) is 3.60. The van der Waals surface area contributed by atoms with Crippen molar-refractivity contribution in [3.63, 3.8) is 0 Å². The standard InChI is InChI=1S/C20H25NO2/c1-14-10-15(2)12-17(11-14)21-19(22)13-23-18-8-6-16(7-9-18)20(3,4)5/h6-12H,13H2,1-5H3,(H,21,22). The van der Waals surface area contributed by atoms with Crippen LogP contribution in [0.15, 0.2) is 42.5 Å². The fraction of sp³-hybridized carbons (Fsp3) is 0.350. The van der Waals surface area contributed by atoms with E-state index in [0.29, 0.717) is 5.75 Å². The number of nitrogens with one attached hydrogen (secondary N) is 1. The first-order valence-corrected chi connectivity index (χ1v) is 7.85. The number of anilines is 1. The molecule has 2 aromatic rings. The number of ether oxygens (including phenoxy) is 1. The molecule has 0 aliphatic carbocycles. The van der Waals surface area contributed by atoms with Crippen LogP contribution in [0.4, 0.5) is 5.69 Å². The van der Waals surface area contributed by atoms with Gasteiger partial charge in [0.2, 0.25) is 0 Å². The summed E-state index contributed by atoms with van der Waals surface area (Å²) < 4.78 is 5.56.